The van der Waals surface area contributed by atoms with Gasteiger partial charge in [0, 0.05) is 31.5 Å². The van der Waals surface area contributed by atoms with Crippen LogP contribution >= 0.6 is 0 Å². The minimum Gasteiger partial charge on any atom is -0.365 e. The molecule has 0 unspecified atom stereocenters. The summed E-state index contributed by atoms with van der Waals surface area (Å²) in [5.41, 5.74) is 2.64. The number of benzene rings is 1. The van der Waals surface area contributed by atoms with Crippen LogP contribution in [0.1, 0.15) is 5.56 Å². The summed E-state index contributed by atoms with van der Waals surface area (Å²) in [7, 11) is -2.48. The zero-order valence-corrected chi connectivity index (χ0v) is 16.1. The average Bonchev–Trinajstić information content (AvgIpc) is 3.08. The van der Waals surface area contributed by atoms with E-state index in [2.05, 4.69) is 25.4 Å². The molecule has 0 saturated heterocycles. The largest absolute Gasteiger partial charge is 0.365 e. The Balaban J connectivity index is 1.61. The van der Waals surface area contributed by atoms with Crippen molar-refractivity contribution in [3.05, 3.63) is 60.6 Å². The van der Waals surface area contributed by atoms with E-state index >= 15 is 0 Å². The number of aromatic nitrogens is 5. The summed E-state index contributed by atoms with van der Waals surface area (Å²) >= 11 is 0. The molecular weight excluding hydrogens is 394 g/mol. The zero-order chi connectivity index (χ0) is 20.4. The summed E-state index contributed by atoms with van der Waals surface area (Å²) in [4.78, 5) is 13.3. The van der Waals surface area contributed by atoms with Crippen LogP contribution in [-0.2, 0) is 23.9 Å². The Morgan fingerprint density at radius 1 is 1.10 bits per heavy atom. The number of anilines is 2. The minimum atomic E-state index is -4.30. The standard InChI is InChI=1S/C18H17N7O3S/c1-25-18-15(11-21-25)17(22-16(23-18)13-3-2-8-19-10-13)20-9-12-4-6-14(7-5-12)24-29(26,27)28/h2-8,10-11,24H,9H2,1H3,(H,20,22,23)(H,26,27,28). The predicted molar refractivity (Wildman–Crippen MR) is 108 cm³/mol. The molecule has 4 rings (SSSR count). The topological polar surface area (TPSA) is 135 Å². The van der Waals surface area contributed by atoms with Crippen molar-refractivity contribution in [2.45, 2.75) is 6.54 Å². The second-order valence-corrected chi connectivity index (χ2v) is 7.42. The number of nitrogens with zero attached hydrogens (tertiary/aromatic N) is 5. The highest BCUT2D eigenvalue weighted by Crippen LogP contribution is 2.24. The van der Waals surface area contributed by atoms with Gasteiger partial charge in [-0.15, -0.1) is 0 Å². The molecule has 0 saturated carbocycles. The van der Waals surface area contributed by atoms with Gasteiger partial charge in [-0.05, 0) is 29.8 Å². The Labute approximate surface area is 166 Å². The smallest absolute Gasteiger partial charge is 0.357 e. The van der Waals surface area contributed by atoms with Crippen LogP contribution < -0.4 is 10.0 Å². The van der Waals surface area contributed by atoms with Crippen molar-refractivity contribution >= 4 is 32.8 Å². The number of fused-ring (bicyclic) bond motifs is 1. The van der Waals surface area contributed by atoms with Gasteiger partial charge in [0.1, 0.15) is 5.82 Å². The molecule has 1 aromatic carbocycles. The van der Waals surface area contributed by atoms with Gasteiger partial charge in [-0.3, -0.25) is 18.9 Å². The summed E-state index contributed by atoms with van der Waals surface area (Å²) in [6, 6.07) is 10.3. The van der Waals surface area contributed by atoms with Crippen molar-refractivity contribution in [1.29, 1.82) is 0 Å². The third-order valence-electron chi connectivity index (χ3n) is 4.17. The number of hydrogen-bond acceptors (Lipinski definition) is 7. The van der Waals surface area contributed by atoms with Crippen LogP contribution in [0, 0.1) is 0 Å². The predicted octanol–water partition coefficient (Wildman–Crippen LogP) is 2.25. The highest BCUT2D eigenvalue weighted by atomic mass is 32.2. The third-order valence-corrected chi connectivity index (χ3v) is 4.67. The lowest BCUT2D eigenvalue weighted by Crippen LogP contribution is -2.10. The number of rotatable bonds is 6. The number of aryl methyl sites for hydroxylation is 1. The zero-order valence-electron chi connectivity index (χ0n) is 15.3. The van der Waals surface area contributed by atoms with E-state index in [0.29, 0.717) is 23.8 Å². The SMILES string of the molecule is Cn1ncc2c(NCc3ccc(NS(=O)(=O)O)cc3)nc(-c3cccnc3)nc21. The number of hydrogen-bond donors (Lipinski definition) is 3. The lowest BCUT2D eigenvalue weighted by molar-refractivity contribution is 0.489. The van der Waals surface area contributed by atoms with Crippen molar-refractivity contribution in [3.8, 4) is 11.4 Å². The maximum Gasteiger partial charge on any atom is 0.357 e. The molecule has 0 spiro atoms. The maximum atomic E-state index is 10.9. The summed E-state index contributed by atoms with van der Waals surface area (Å²) in [5.74, 6) is 1.16. The third kappa shape index (κ3) is 4.31. The van der Waals surface area contributed by atoms with E-state index in [9.17, 15) is 8.42 Å². The number of pyridine rings is 1. The molecule has 3 heterocycles. The summed E-state index contributed by atoms with van der Waals surface area (Å²) in [6.07, 6.45) is 5.08. The highest BCUT2D eigenvalue weighted by Gasteiger charge is 2.13. The molecular formula is C18H17N7O3S. The lowest BCUT2D eigenvalue weighted by atomic mass is 10.2. The average molecular weight is 411 g/mol. The highest BCUT2D eigenvalue weighted by molar-refractivity contribution is 7.87. The number of nitrogens with one attached hydrogen (secondary N) is 2. The fourth-order valence-corrected chi connectivity index (χ4v) is 3.24. The van der Waals surface area contributed by atoms with Crippen LogP contribution in [0.25, 0.3) is 22.4 Å². The van der Waals surface area contributed by atoms with Gasteiger partial charge >= 0.3 is 10.3 Å². The molecule has 11 heteroatoms. The molecule has 0 aliphatic rings. The molecule has 0 fully saturated rings. The minimum absolute atomic E-state index is 0.270. The second-order valence-electron chi connectivity index (χ2n) is 6.27. The van der Waals surface area contributed by atoms with E-state index in [1.54, 1.807) is 47.5 Å². The van der Waals surface area contributed by atoms with Gasteiger partial charge in [0.15, 0.2) is 11.5 Å². The van der Waals surface area contributed by atoms with Crippen molar-refractivity contribution in [2.24, 2.45) is 7.05 Å². The Bertz CT molecular complexity index is 1260. The Morgan fingerprint density at radius 2 is 1.90 bits per heavy atom. The molecule has 0 aliphatic carbocycles. The molecule has 3 N–H and O–H groups in total. The molecule has 0 atom stereocenters. The lowest BCUT2D eigenvalue weighted by Gasteiger charge is -2.10. The van der Waals surface area contributed by atoms with Crippen molar-refractivity contribution in [3.63, 3.8) is 0 Å². The quantitative estimate of drug-likeness (QED) is 0.411. The first-order valence-corrected chi connectivity index (χ1v) is 10.0. The monoisotopic (exact) mass is 411 g/mol. The van der Waals surface area contributed by atoms with Crippen molar-refractivity contribution in [2.75, 3.05) is 10.0 Å². The van der Waals surface area contributed by atoms with Gasteiger partial charge < -0.3 is 5.32 Å². The Morgan fingerprint density at radius 3 is 2.59 bits per heavy atom. The molecule has 0 bridgehead atoms. The van der Waals surface area contributed by atoms with Gasteiger partial charge in [0.25, 0.3) is 0 Å². The molecule has 10 nitrogen and oxygen atoms in total. The first kappa shape index (κ1) is 18.8. The van der Waals surface area contributed by atoms with Crippen LogP contribution in [0.2, 0.25) is 0 Å². The van der Waals surface area contributed by atoms with Crippen LogP contribution in [-0.4, -0.2) is 37.7 Å². The van der Waals surface area contributed by atoms with E-state index < -0.39 is 10.3 Å². The second kappa shape index (κ2) is 7.45. The molecule has 3 aromatic heterocycles. The fraction of sp³-hybridized carbons (Fsp3) is 0.111. The van der Waals surface area contributed by atoms with E-state index in [1.165, 1.54) is 0 Å². The molecule has 0 aliphatic heterocycles. The van der Waals surface area contributed by atoms with Gasteiger partial charge in [-0.1, -0.05) is 12.1 Å². The summed E-state index contributed by atoms with van der Waals surface area (Å²) in [6.45, 7) is 0.444. The van der Waals surface area contributed by atoms with Crippen molar-refractivity contribution < 1.29 is 13.0 Å². The summed E-state index contributed by atoms with van der Waals surface area (Å²) < 4.78 is 34.3. The van der Waals surface area contributed by atoms with Gasteiger partial charge in [-0.25, -0.2) is 9.97 Å². The van der Waals surface area contributed by atoms with Crippen LogP contribution in [0.3, 0.4) is 0 Å². The fourth-order valence-electron chi connectivity index (χ4n) is 2.81. The van der Waals surface area contributed by atoms with Gasteiger partial charge in [0.05, 0.1) is 17.3 Å². The van der Waals surface area contributed by atoms with E-state index in [0.717, 1.165) is 16.5 Å². The normalized spacial score (nSPS) is 11.5. The van der Waals surface area contributed by atoms with Crippen LogP contribution in [0.4, 0.5) is 11.5 Å². The first-order valence-electron chi connectivity index (χ1n) is 8.57. The molecule has 148 valence electrons. The summed E-state index contributed by atoms with van der Waals surface area (Å²) in [5, 5.41) is 8.33. The van der Waals surface area contributed by atoms with E-state index in [4.69, 9.17) is 4.55 Å². The van der Waals surface area contributed by atoms with Crippen LogP contribution in [0.15, 0.2) is 55.0 Å². The van der Waals surface area contributed by atoms with Crippen molar-refractivity contribution in [1.82, 2.24) is 24.7 Å². The molecule has 0 amide bonds. The van der Waals surface area contributed by atoms with E-state index in [1.807, 2.05) is 23.9 Å². The first-order chi connectivity index (χ1) is 13.9. The Kier molecular flexibility index (Phi) is 4.82. The van der Waals surface area contributed by atoms with Crippen LogP contribution in [0.5, 0.6) is 0 Å². The van der Waals surface area contributed by atoms with E-state index in [-0.39, 0.29) is 5.69 Å². The van der Waals surface area contributed by atoms with Gasteiger partial charge in [0.2, 0.25) is 0 Å². The Hall–Kier alpha value is -3.57. The van der Waals surface area contributed by atoms with Gasteiger partial charge in [-0.2, -0.15) is 13.5 Å². The molecule has 29 heavy (non-hydrogen) atoms. The molecule has 4 aromatic rings. The maximum absolute atomic E-state index is 10.9. The molecule has 0 radical (unpaired) electrons.